The number of halogens is 1. The predicted molar refractivity (Wildman–Crippen MR) is 83.4 cm³/mol. The van der Waals surface area contributed by atoms with Crippen molar-refractivity contribution in [3.63, 3.8) is 0 Å². The third-order valence-corrected chi connectivity index (χ3v) is 2.79. The van der Waals surface area contributed by atoms with E-state index >= 15 is 0 Å². The maximum atomic E-state index is 13.4. The monoisotopic (exact) mass is 303 g/mol. The van der Waals surface area contributed by atoms with Gasteiger partial charge in [-0.05, 0) is 56.2 Å². The lowest BCUT2D eigenvalue weighted by Gasteiger charge is -2.19. The van der Waals surface area contributed by atoms with Crippen molar-refractivity contribution in [3.8, 4) is 16.9 Å². The lowest BCUT2D eigenvalue weighted by Crippen LogP contribution is -2.27. The molecule has 22 heavy (non-hydrogen) atoms. The van der Waals surface area contributed by atoms with E-state index in [-0.39, 0.29) is 0 Å². The van der Waals surface area contributed by atoms with E-state index < -0.39 is 23.3 Å². The van der Waals surface area contributed by atoms with Crippen LogP contribution in [0.1, 0.15) is 20.8 Å². The van der Waals surface area contributed by atoms with Crippen molar-refractivity contribution < 1.29 is 19.0 Å². The fourth-order valence-electron chi connectivity index (χ4n) is 1.88. The van der Waals surface area contributed by atoms with E-state index in [4.69, 9.17) is 4.74 Å². The van der Waals surface area contributed by atoms with E-state index in [0.29, 0.717) is 16.8 Å². The van der Waals surface area contributed by atoms with Gasteiger partial charge >= 0.3 is 6.09 Å². The van der Waals surface area contributed by atoms with E-state index in [1.165, 1.54) is 12.1 Å². The highest BCUT2D eigenvalue weighted by atomic mass is 19.1. The Morgan fingerprint density at radius 3 is 2.45 bits per heavy atom. The number of phenols is 1. The van der Waals surface area contributed by atoms with Crippen LogP contribution in [0.3, 0.4) is 0 Å². The molecule has 116 valence electrons. The average Bonchev–Trinajstić information content (AvgIpc) is 2.40. The Balaban J connectivity index is 2.19. The highest BCUT2D eigenvalue weighted by Crippen LogP contribution is 2.26. The summed E-state index contributed by atoms with van der Waals surface area (Å²) in [5, 5.41) is 11.9. The van der Waals surface area contributed by atoms with Crippen molar-refractivity contribution in [3.05, 3.63) is 48.3 Å². The molecular weight excluding hydrogens is 285 g/mol. The van der Waals surface area contributed by atoms with Gasteiger partial charge in [0.15, 0.2) is 11.6 Å². The lowest BCUT2D eigenvalue weighted by molar-refractivity contribution is 0.0636. The second-order valence-electron chi connectivity index (χ2n) is 5.87. The van der Waals surface area contributed by atoms with Gasteiger partial charge in [-0.25, -0.2) is 9.18 Å². The first-order valence-corrected chi connectivity index (χ1v) is 6.83. The number of carbonyl (C=O) groups is 1. The summed E-state index contributed by atoms with van der Waals surface area (Å²) in [6.07, 6.45) is -0.554. The number of hydrogen-bond donors (Lipinski definition) is 2. The molecule has 2 rings (SSSR count). The van der Waals surface area contributed by atoms with Crippen LogP contribution >= 0.6 is 0 Å². The number of nitrogens with one attached hydrogen (secondary N) is 1. The summed E-state index contributed by atoms with van der Waals surface area (Å²) in [6.45, 7) is 5.34. The van der Waals surface area contributed by atoms with E-state index in [1.54, 1.807) is 51.1 Å². The summed E-state index contributed by atoms with van der Waals surface area (Å²) in [6, 6.07) is 11.1. The van der Waals surface area contributed by atoms with Crippen LogP contribution in [-0.2, 0) is 4.74 Å². The molecule has 1 amide bonds. The van der Waals surface area contributed by atoms with E-state index in [0.717, 1.165) is 0 Å². The molecule has 0 heterocycles. The minimum absolute atomic E-state index is 0.396. The molecule has 2 N–H and O–H groups in total. The van der Waals surface area contributed by atoms with Crippen LogP contribution in [0.4, 0.5) is 14.9 Å². The number of carbonyl (C=O) groups excluding carboxylic acids is 1. The Kier molecular flexibility index (Phi) is 4.35. The normalized spacial score (nSPS) is 11.1. The SMILES string of the molecule is CC(C)(C)OC(=O)Nc1cccc(-c2ccc(O)c(F)c2)c1. The molecule has 0 saturated heterocycles. The summed E-state index contributed by atoms with van der Waals surface area (Å²) in [5.74, 6) is -1.09. The summed E-state index contributed by atoms with van der Waals surface area (Å²) < 4.78 is 18.6. The Bertz CT molecular complexity index is 693. The van der Waals surface area contributed by atoms with Crippen molar-refractivity contribution in [1.82, 2.24) is 0 Å². The first-order chi connectivity index (χ1) is 10.2. The zero-order chi connectivity index (χ0) is 16.3. The molecule has 0 aliphatic heterocycles. The minimum atomic E-state index is -0.692. The minimum Gasteiger partial charge on any atom is -0.505 e. The molecular formula is C17H18FNO3. The van der Waals surface area contributed by atoms with Crippen molar-refractivity contribution >= 4 is 11.8 Å². The maximum Gasteiger partial charge on any atom is 0.412 e. The van der Waals surface area contributed by atoms with Crippen LogP contribution in [0.2, 0.25) is 0 Å². The summed E-state index contributed by atoms with van der Waals surface area (Å²) in [7, 11) is 0. The van der Waals surface area contributed by atoms with Gasteiger partial charge in [0, 0.05) is 5.69 Å². The zero-order valence-electron chi connectivity index (χ0n) is 12.7. The highest BCUT2D eigenvalue weighted by Gasteiger charge is 2.16. The number of rotatable bonds is 2. The molecule has 0 radical (unpaired) electrons. The molecule has 2 aromatic carbocycles. The van der Waals surface area contributed by atoms with E-state index in [9.17, 15) is 14.3 Å². The fraction of sp³-hybridized carbons (Fsp3) is 0.235. The Labute approximate surface area is 128 Å². The Hall–Kier alpha value is -2.56. The second-order valence-corrected chi connectivity index (χ2v) is 5.87. The van der Waals surface area contributed by atoms with Gasteiger partial charge in [-0.3, -0.25) is 5.32 Å². The third kappa shape index (κ3) is 4.22. The van der Waals surface area contributed by atoms with Crippen molar-refractivity contribution in [1.29, 1.82) is 0 Å². The van der Waals surface area contributed by atoms with Crippen molar-refractivity contribution in [2.24, 2.45) is 0 Å². The first kappa shape index (κ1) is 15.8. The van der Waals surface area contributed by atoms with Gasteiger partial charge in [-0.1, -0.05) is 18.2 Å². The average molecular weight is 303 g/mol. The summed E-state index contributed by atoms with van der Waals surface area (Å²) >= 11 is 0. The standard InChI is InChI=1S/C17H18FNO3/c1-17(2,3)22-16(21)19-13-6-4-5-11(9-13)12-7-8-15(20)14(18)10-12/h4-10,20H,1-3H3,(H,19,21). The van der Waals surface area contributed by atoms with Crippen LogP contribution in [-0.4, -0.2) is 16.8 Å². The number of amides is 1. The number of anilines is 1. The molecule has 2 aromatic rings. The van der Waals surface area contributed by atoms with Gasteiger partial charge in [0.1, 0.15) is 5.60 Å². The molecule has 0 saturated carbocycles. The molecule has 0 aromatic heterocycles. The topological polar surface area (TPSA) is 58.6 Å². The number of aromatic hydroxyl groups is 1. The second kappa shape index (κ2) is 6.05. The maximum absolute atomic E-state index is 13.4. The molecule has 0 aliphatic carbocycles. The van der Waals surface area contributed by atoms with Crippen LogP contribution in [0, 0.1) is 5.82 Å². The van der Waals surface area contributed by atoms with Crippen molar-refractivity contribution in [2.45, 2.75) is 26.4 Å². The van der Waals surface area contributed by atoms with Gasteiger partial charge in [-0.2, -0.15) is 0 Å². The summed E-state index contributed by atoms with van der Waals surface area (Å²) in [5.41, 5.74) is 1.28. The highest BCUT2D eigenvalue weighted by molar-refractivity contribution is 5.86. The quantitative estimate of drug-likeness (QED) is 0.856. The number of hydrogen-bond acceptors (Lipinski definition) is 3. The van der Waals surface area contributed by atoms with Gasteiger partial charge in [-0.15, -0.1) is 0 Å². The summed E-state index contributed by atoms with van der Waals surface area (Å²) in [4.78, 5) is 11.7. The van der Waals surface area contributed by atoms with Crippen LogP contribution in [0.15, 0.2) is 42.5 Å². The molecule has 5 heteroatoms. The molecule has 0 aliphatic rings. The number of benzene rings is 2. The fourth-order valence-corrected chi connectivity index (χ4v) is 1.88. The van der Waals surface area contributed by atoms with Gasteiger partial charge < -0.3 is 9.84 Å². The lowest BCUT2D eigenvalue weighted by atomic mass is 10.0. The van der Waals surface area contributed by atoms with Crippen LogP contribution < -0.4 is 5.32 Å². The molecule has 0 unspecified atom stereocenters. The van der Waals surface area contributed by atoms with E-state index in [1.807, 2.05) is 0 Å². The largest absolute Gasteiger partial charge is 0.505 e. The zero-order valence-corrected chi connectivity index (χ0v) is 12.7. The Morgan fingerprint density at radius 1 is 1.14 bits per heavy atom. The van der Waals surface area contributed by atoms with E-state index in [2.05, 4.69) is 5.32 Å². The Morgan fingerprint density at radius 2 is 1.82 bits per heavy atom. The smallest absolute Gasteiger partial charge is 0.412 e. The van der Waals surface area contributed by atoms with Gasteiger partial charge in [0.25, 0.3) is 0 Å². The number of ether oxygens (including phenoxy) is 1. The van der Waals surface area contributed by atoms with Gasteiger partial charge in [0.2, 0.25) is 0 Å². The molecule has 0 spiro atoms. The number of phenolic OH excluding ortho intramolecular Hbond substituents is 1. The van der Waals surface area contributed by atoms with Crippen LogP contribution in [0.25, 0.3) is 11.1 Å². The first-order valence-electron chi connectivity index (χ1n) is 6.83. The molecule has 0 atom stereocenters. The molecule has 0 bridgehead atoms. The van der Waals surface area contributed by atoms with Gasteiger partial charge in [0.05, 0.1) is 0 Å². The predicted octanol–water partition coefficient (Wildman–Crippen LogP) is 4.55. The van der Waals surface area contributed by atoms with Crippen LogP contribution in [0.5, 0.6) is 5.75 Å². The third-order valence-electron chi connectivity index (χ3n) is 2.79. The molecule has 4 nitrogen and oxygen atoms in total. The van der Waals surface area contributed by atoms with Crippen molar-refractivity contribution in [2.75, 3.05) is 5.32 Å². The molecule has 0 fully saturated rings.